The van der Waals surface area contributed by atoms with Crippen molar-refractivity contribution in [2.75, 3.05) is 26.2 Å². The second-order valence-electron chi connectivity index (χ2n) is 8.56. The zero-order valence-corrected chi connectivity index (χ0v) is 18.6. The molecule has 8 nitrogen and oxygen atoms in total. The van der Waals surface area contributed by atoms with E-state index in [9.17, 15) is 9.59 Å². The molecule has 2 aromatic carbocycles. The minimum atomic E-state index is -1.14. The molecule has 2 unspecified atom stereocenters. The van der Waals surface area contributed by atoms with Crippen molar-refractivity contribution in [3.63, 3.8) is 0 Å². The Bertz CT molecular complexity index is 1170. The van der Waals surface area contributed by atoms with E-state index < -0.39 is 5.97 Å². The lowest BCUT2D eigenvalue weighted by Crippen LogP contribution is -2.36. The summed E-state index contributed by atoms with van der Waals surface area (Å²) in [6, 6.07) is 16.4. The number of aromatic carboxylic acids is 1. The molecule has 2 fully saturated rings. The first-order valence-corrected chi connectivity index (χ1v) is 11.2. The number of carbonyl (C=O) groups is 2. The first-order chi connectivity index (χ1) is 15.9. The van der Waals surface area contributed by atoms with Crippen LogP contribution < -0.4 is 4.74 Å². The summed E-state index contributed by atoms with van der Waals surface area (Å²) in [6.45, 7) is 3.95. The molecule has 0 saturated carbocycles. The molecule has 33 heavy (non-hydrogen) atoms. The second-order valence-corrected chi connectivity index (χ2v) is 8.99. The van der Waals surface area contributed by atoms with Crippen LogP contribution in [0.25, 0.3) is 0 Å². The van der Waals surface area contributed by atoms with Crippen LogP contribution in [0.1, 0.15) is 16.1 Å². The third kappa shape index (κ3) is 4.72. The number of hydrogen-bond donors (Lipinski definition) is 1. The van der Waals surface area contributed by atoms with Gasteiger partial charge in [0, 0.05) is 43.9 Å². The average Bonchev–Trinajstić information content (AvgIpc) is 3.50. The summed E-state index contributed by atoms with van der Waals surface area (Å²) in [5, 5.41) is 13.5. The zero-order valence-electron chi connectivity index (χ0n) is 17.8. The molecule has 1 amide bonds. The maximum atomic E-state index is 12.7. The highest BCUT2D eigenvalue weighted by Gasteiger charge is 2.42. The quantitative estimate of drug-likeness (QED) is 0.610. The fourth-order valence-corrected chi connectivity index (χ4v) is 4.80. The van der Waals surface area contributed by atoms with E-state index in [4.69, 9.17) is 21.4 Å². The van der Waals surface area contributed by atoms with Crippen LogP contribution >= 0.6 is 11.6 Å². The lowest BCUT2D eigenvalue weighted by Gasteiger charge is -2.21. The molecule has 3 heterocycles. The second kappa shape index (κ2) is 8.88. The number of carboxylic acids is 1. The van der Waals surface area contributed by atoms with Crippen LogP contribution in [0.15, 0.2) is 60.8 Å². The first kappa shape index (κ1) is 21.5. The number of aromatic nitrogens is 2. The monoisotopic (exact) mass is 466 g/mol. The van der Waals surface area contributed by atoms with Gasteiger partial charge in [0.25, 0.3) is 0 Å². The van der Waals surface area contributed by atoms with Gasteiger partial charge in [-0.15, -0.1) is 0 Å². The van der Waals surface area contributed by atoms with Crippen LogP contribution in [0.3, 0.4) is 0 Å². The van der Waals surface area contributed by atoms with Gasteiger partial charge in [-0.2, -0.15) is 9.78 Å². The predicted molar refractivity (Wildman–Crippen MR) is 122 cm³/mol. The van der Waals surface area contributed by atoms with E-state index in [1.54, 1.807) is 17.0 Å². The Hall–Kier alpha value is -3.36. The van der Waals surface area contributed by atoms with Gasteiger partial charge in [0.1, 0.15) is 11.5 Å². The molecule has 2 atom stereocenters. The molecule has 0 aliphatic carbocycles. The smallest absolute Gasteiger partial charge is 0.356 e. The Morgan fingerprint density at radius 2 is 1.73 bits per heavy atom. The highest BCUT2D eigenvalue weighted by molar-refractivity contribution is 6.30. The topological polar surface area (TPSA) is 87.9 Å². The standard InChI is InChI=1S/C24H23ClN4O4/c25-19-4-6-20(7-5-19)33-21-3-1-2-16(10-21)11-27-12-17-14-28(15-18(17)13-27)24(32)29-9-8-22(26-29)23(30)31/h1-10,17-18H,11-15H2,(H,30,31). The van der Waals surface area contributed by atoms with Crippen molar-refractivity contribution in [2.24, 2.45) is 11.8 Å². The SMILES string of the molecule is O=C(O)c1ccn(C(=O)N2CC3CN(Cc4cccc(Oc5ccc(Cl)cc5)c4)CC3C2)n1. The van der Waals surface area contributed by atoms with E-state index in [2.05, 4.69) is 22.1 Å². The highest BCUT2D eigenvalue weighted by Crippen LogP contribution is 2.33. The molecule has 2 saturated heterocycles. The third-order valence-electron chi connectivity index (χ3n) is 6.19. The lowest BCUT2D eigenvalue weighted by molar-refractivity contribution is 0.0690. The minimum absolute atomic E-state index is 0.129. The van der Waals surface area contributed by atoms with Crippen molar-refractivity contribution in [1.29, 1.82) is 0 Å². The fourth-order valence-electron chi connectivity index (χ4n) is 4.67. The summed E-state index contributed by atoms with van der Waals surface area (Å²) >= 11 is 5.94. The summed E-state index contributed by atoms with van der Waals surface area (Å²) in [6.07, 6.45) is 1.41. The van der Waals surface area contributed by atoms with Crippen LogP contribution in [0.2, 0.25) is 5.02 Å². The van der Waals surface area contributed by atoms with E-state index in [0.29, 0.717) is 29.9 Å². The summed E-state index contributed by atoms with van der Waals surface area (Å²) in [5.74, 6) is 1.18. The average molecular weight is 467 g/mol. The van der Waals surface area contributed by atoms with Gasteiger partial charge in [-0.1, -0.05) is 23.7 Å². The molecule has 1 N–H and O–H groups in total. The largest absolute Gasteiger partial charge is 0.476 e. The third-order valence-corrected chi connectivity index (χ3v) is 6.44. The molecule has 170 valence electrons. The van der Waals surface area contributed by atoms with Crippen LogP contribution in [-0.2, 0) is 6.54 Å². The highest BCUT2D eigenvalue weighted by atomic mass is 35.5. The Morgan fingerprint density at radius 3 is 2.39 bits per heavy atom. The number of nitrogens with zero attached hydrogens (tertiary/aromatic N) is 4. The summed E-state index contributed by atoms with van der Waals surface area (Å²) < 4.78 is 7.07. The van der Waals surface area contributed by atoms with Crippen LogP contribution in [0.4, 0.5) is 4.79 Å². The van der Waals surface area contributed by atoms with Gasteiger partial charge in [0.05, 0.1) is 0 Å². The molecular formula is C24H23ClN4O4. The molecule has 2 aliphatic heterocycles. The van der Waals surface area contributed by atoms with Gasteiger partial charge in [0.2, 0.25) is 0 Å². The van der Waals surface area contributed by atoms with Gasteiger partial charge in [-0.25, -0.2) is 9.59 Å². The normalized spacial score (nSPS) is 20.1. The van der Waals surface area contributed by atoms with Crippen molar-refractivity contribution < 1.29 is 19.4 Å². The number of rotatable bonds is 5. The van der Waals surface area contributed by atoms with Gasteiger partial charge >= 0.3 is 12.0 Å². The van der Waals surface area contributed by atoms with Gasteiger partial charge in [-0.3, -0.25) is 4.90 Å². The van der Waals surface area contributed by atoms with Crippen LogP contribution in [0, 0.1) is 11.8 Å². The number of fused-ring (bicyclic) bond motifs is 1. The minimum Gasteiger partial charge on any atom is -0.476 e. The first-order valence-electron chi connectivity index (χ1n) is 10.8. The number of benzene rings is 2. The number of amides is 1. The zero-order chi connectivity index (χ0) is 22.9. The Kier molecular flexibility index (Phi) is 5.78. The molecule has 1 aromatic heterocycles. The van der Waals surface area contributed by atoms with Crippen molar-refractivity contribution in [1.82, 2.24) is 19.6 Å². The molecule has 9 heteroatoms. The molecule has 0 bridgehead atoms. The number of ether oxygens (including phenoxy) is 1. The van der Waals surface area contributed by atoms with Crippen molar-refractivity contribution in [2.45, 2.75) is 6.54 Å². The van der Waals surface area contributed by atoms with E-state index >= 15 is 0 Å². The van der Waals surface area contributed by atoms with E-state index in [-0.39, 0.29) is 11.7 Å². The van der Waals surface area contributed by atoms with E-state index in [1.165, 1.54) is 17.8 Å². The summed E-state index contributed by atoms with van der Waals surface area (Å²) in [4.78, 5) is 27.9. The van der Waals surface area contributed by atoms with Gasteiger partial charge in [-0.05, 0) is 59.9 Å². The molecule has 0 radical (unpaired) electrons. The van der Waals surface area contributed by atoms with Crippen molar-refractivity contribution in [3.05, 3.63) is 77.1 Å². The summed E-state index contributed by atoms with van der Waals surface area (Å²) in [7, 11) is 0. The molecule has 5 rings (SSSR count). The lowest BCUT2D eigenvalue weighted by atomic mass is 10.0. The Labute approximate surface area is 195 Å². The Morgan fingerprint density at radius 1 is 1.00 bits per heavy atom. The number of likely N-dealkylation sites (tertiary alicyclic amines) is 2. The van der Waals surface area contributed by atoms with Crippen LogP contribution in [-0.4, -0.2) is 62.9 Å². The van der Waals surface area contributed by atoms with Crippen molar-refractivity contribution in [3.8, 4) is 11.5 Å². The number of halogens is 1. The Balaban J connectivity index is 1.16. The maximum absolute atomic E-state index is 12.7. The van der Waals surface area contributed by atoms with E-state index in [0.717, 1.165) is 35.8 Å². The number of hydrogen-bond acceptors (Lipinski definition) is 5. The van der Waals surface area contributed by atoms with Crippen molar-refractivity contribution >= 4 is 23.6 Å². The number of carbonyl (C=O) groups excluding carboxylic acids is 1. The number of carboxylic acid groups (broad SMARTS) is 1. The maximum Gasteiger partial charge on any atom is 0.356 e. The molecule has 2 aliphatic rings. The van der Waals surface area contributed by atoms with Gasteiger partial charge < -0.3 is 14.7 Å². The predicted octanol–water partition coefficient (Wildman–Crippen LogP) is 4.06. The molecule has 0 spiro atoms. The molecular weight excluding hydrogens is 444 g/mol. The summed E-state index contributed by atoms with van der Waals surface area (Å²) in [5.41, 5.74) is 1.04. The van der Waals surface area contributed by atoms with E-state index in [1.807, 2.05) is 24.3 Å². The fraction of sp³-hybridized carbons (Fsp3) is 0.292. The van der Waals surface area contributed by atoms with Crippen LogP contribution in [0.5, 0.6) is 11.5 Å². The molecule has 3 aromatic rings. The van der Waals surface area contributed by atoms with Gasteiger partial charge in [0.15, 0.2) is 5.69 Å².